The van der Waals surface area contributed by atoms with Crippen LogP contribution in [0.25, 0.3) is 0 Å². The fourth-order valence-corrected chi connectivity index (χ4v) is 3.18. The lowest BCUT2D eigenvalue weighted by Gasteiger charge is -2.29. The lowest BCUT2D eigenvalue weighted by atomic mass is 9.88. The Morgan fingerprint density at radius 2 is 1.62 bits per heavy atom. The van der Waals surface area contributed by atoms with Crippen molar-refractivity contribution in [2.45, 2.75) is 79.5 Å². The minimum Gasteiger partial charge on any atom is -0.461 e. The van der Waals surface area contributed by atoms with Gasteiger partial charge in [-0.15, -0.1) is 0 Å². The molecule has 0 bridgehead atoms. The van der Waals surface area contributed by atoms with Crippen molar-refractivity contribution in [3.05, 3.63) is 29.8 Å². The summed E-state index contributed by atoms with van der Waals surface area (Å²) in [5.74, 6) is -1.79. The third-order valence-corrected chi connectivity index (χ3v) is 6.00. The Kier molecular flexibility index (Phi) is 12.6. The maximum Gasteiger partial charge on any atom is 0.312 e. The van der Waals surface area contributed by atoms with E-state index in [1.54, 1.807) is 38.1 Å². The second-order valence-electron chi connectivity index (χ2n) is 9.89. The van der Waals surface area contributed by atoms with Crippen molar-refractivity contribution in [3.8, 4) is 0 Å². The molecule has 11 nitrogen and oxygen atoms in total. The molecule has 206 valence electrons. The zero-order valence-corrected chi connectivity index (χ0v) is 22.6. The first kappa shape index (κ1) is 31.4. The zero-order chi connectivity index (χ0) is 28.2. The molecule has 0 aliphatic rings. The van der Waals surface area contributed by atoms with Crippen LogP contribution in [0, 0.1) is 11.3 Å². The van der Waals surface area contributed by atoms with Gasteiger partial charge in [0.2, 0.25) is 17.7 Å². The molecule has 6 N–H and O–H groups in total. The smallest absolute Gasteiger partial charge is 0.312 e. The number of urea groups is 1. The number of ether oxygens (including phenoxy) is 1. The second kappa shape index (κ2) is 14.8. The molecule has 0 heterocycles. The van der Waals surface area contributed by atoms with Gasteiger partial charge in [-0.1, -0.05) is 46.8 Å². The molecule has 1 rings (SSSR count). The summed E-state index contributed by atoms with van der Waals surface area (Å²) in [5.41, 5.74) is 5.70. The SMILES string of the molecule is CCC(C)(C)C(=O)NC(C(=O)NC(CCCNC(N)=O)C(=O)Nc1ccc(COC(C)=O)cc1)C(C)C. The molecular weight excluding hydrogens is 478 g/mol. The Hall–Kier alpha value is -3.63. The van der Waals surface area contributed by atoms with Crippen molar-refractivity contribution in [1.82, 2.24) is 16.0 Å². The van der Waals surface area contributed by atoms with Crippen LogP contribution >= 0.6 is 0 Å². The van der Waals surface area contributed by atoms with Gasteiger partial charge < -0.3 is 31.7 Å². The van der Waals surface area contributed by atoms with Gasteiger partial charge in [0.15, 0.2) is 0 Å². The second-order valence-corrected chi connectivity index (χ2v) is 9.89. The molecule has 0 saturated carbocycles. The number of carbonyl (C=O) groups is 5. The number of esters is 1. The van der Waals surface area contributed by atoms with Crippen LogP contribution < -0.4 is 27.0 Å². The van der Waals surface area contributed by atoms with Crippen molar-refractivity contribution in [1.29, 1.82) is 0 Å². The van der Waals surface area contributed by atoms with Gasteiger partial charge in [-0.05, 0) is 42.9 Å². The van der Waals surface area contributed by atoms with Gasteiger partial charge in [0.1, 0.15) is 18.7 Å². The Bertz CT molecular complexity index is 945. The van der Waals surface area contributed by atoms with E-state index in [1.165, 1.54) is 6.92 Å². The molecule has 1 aromatic rings. The molecule has 0 aromatic heterocycles. The molecule has 0 spiro atoms. The zero-order valence-electron chi connectivity index (χ0n) is 22.6. The van der Waals surface area contributed by atoms with Gasteiger partial charge in [-0.2, -0.15) is 0 Å². The maximum atomic E-state index is 13.2. The predicted molar refractivity (Wildman–Crippen MR) is 140 cm³/mol. The quantitative estimate of drug-likeness (QED) is 0.186. The molecule has 2 atom stereocenters. The number of primary amides is 1. The molecule has 1 aromatic carbocycles. The van der Waals surface area contributed by atoms with E-state index < -0.39 is 41.3 Å². The van der Waals surface area contributed by atoms with E-state index in [0.29, 0.717) is 18.5 Å². The summed E-state index contributed by atoms with van der Waals surface area (Å²) in [6, 6.07) is 4.30. The lowest BCUT2D eigenvalue weighted by molar-refractivity contribution is -0.142. The van der Waals surface area contributed by atoms with Gasteiger partial charge in [-0.3, -0.25) is 19.2 Å². The van der Waals surface area contributed by atoms with Crippen molar-refractivity contribution in [2.24, 2.45) is 17.1 Å². The molecule has 0 radical (unpaired) electrons. The van der Waals surface area contributed by atoms with Gasteiger partial charge in [0, 0.05) is 24.6 Å². The van der Waals surface area contributed by atoms with Gasteiger partial charge in [0.05, 0.1) is 0 Å². The number of anilines is 1. The van der Waals surface area contributed by atoms with E-state index >= 15 is 0 Å². The minimum absolute atomic E-state index is 0.117. The fourth-order valence-electron chi connectivity index (χ4n) is 3.18. The summed E-state index contributed by atoms with van der Waals surface area (Å²) in [6.45, 7) is 10.8. The number of carbonyl (C=O) groups excluding carboxylic acids is 5. The normalized spacial score (nSPS) is 12.7. The third kappa shape index (κ3) is 11.3. The molecule has 2 unspecified atom stereocenters. The predicted octanol–water partition coefficient (Wildman–Crippen LogP) is 2.20. The Morgan fingerprint density at radius 1 is 1.00 bits per heavy atom. The number of hydrogen-bond donors (Lipinski definition) is 5. The van der Waals surface area contributed by atoms with Crippen molar-refractivity contribution < 1.29 is 28.7 Å². The van der Waals surface area contributed by atoms with Crippen LogP contribution in [0.4, 0.5) is 10.5 Å². The van der Waals surface area contributed by atoms with Gasteiger partial charge in [0.25, 0.3) is 0 Å². The molecule has 0 aliphatic heterocycles. The van der Waals surface area contributed by atoms with Crippen molar-refractivity contribution >= 4 is 35.4 Å². The molecule has 0 saturated heterocycles. The summed E-state index contributed by atoms with van der Waals surface area (Å²) < 4.78 is 4.96. The van der Waals surface area contributed by atoms with Crippen LogP contribution in [0.3, 0.4) is 0 Å². The summed E-state index contributed by atoms with van der Waals surface area (Å²) in [4.78, 5) is 61.0. The molecule has 37 heavy (non-hydrogen) atoms. The maximum absolute atomic E-state index is 13.2. The summed E-state index contributed by atoms with van der Waals surface area (Å²) in [7, 11) is 0. The minimum atomic E-state index is -0.930. The number of hydrogen-bond acceptors (Lipinski definition) is 6. The highest BCUT2D eigenvalue weighted by atomic mass is 16.5. The van der Waals surface area contributed by atoms with Gasteiger partial charge >= 0.3 is 12.0 Å². The van der Waals surface area contributed by atoms with E-state index in [9.17, 15) is 24.0 Å². The number of benzene rings is 1. The first-order valence-corrected chi connectivity index (χ1v) is 12.4. The first-order valence-electron chi connectivity index (χ1n) is 12.4. The molecule has 11 heteroatoms. The summed E-state index contributed by atoms with van der Waals surface area (Å²) in [6.07, 6.45) is 1.20. The highest BCUT2D eigenvalue weighted by Gasteiger charge is 2.33. The fraction of sp³-hybridized carbons (Fsp3) is 0.577. The first-order chi connectivity index (χ1) is 17.3. The van der Waals surface area contributed by atoms with E-state index in [0.717, 1.165) is 5.56 Å². The van der Waals surface area contributed by atoms with Crippen molar-refractivity contribution in [3.63, 3.8) is 0 Å². The van der Waals surface area contributed by atoms with Crippen LogP contribution in [-0.2, 0) is 30.5 Å². The van der Waals surface area contributed by atoms with Crippen molar-refractivity contribution in [2.75, 3.05) is 11.9 Å². The third-order valence-electron chi connectivity index (χ3n) is 6.00. The number of amides is 5. The summed E-state index contributed by atoms with van der Waals surface area (Å²) in [5, 5.41) is 10.8. The number of nitrogens with two attached hydrogens (primary N) is 1. The van der Waals surface area contributed by atoms with Crippen LogP contribution in [0.2, 0.25) is 0 Å². The largest absolute Gasteiger partial charge is 0.461 e. The number of nitrogens with one attached hydrogen (secondary N) is 4. The van der Waals surface area contributed by atoms with E-state index in [2.05, 4.69) is 21.3 Å². The van der Waals surface area contributed by atoms with Crippen LogP contribution in [0.15, 0.2) is 24.3 Å². The monoisotopic (exact) mass is 519 g/mol. The molecule has 5 amide bonds. The van der Waals surface area contributed by atoms with Gasteiger partial charge in [-0.25, -0.2) is 4.79 Å². The van der Waals surface area contributed by atoms with E-state index in [-0.39, 0.29) is 31.4 Å². The van der Waals surface area contributed by atoms with Crippen LogP contribution in [0.5, 0.6) is 0 Å². The highest BCUT2D eigenvalue weighted by Crippen LogP contribution is 2.20. The van der Waals surface area contributed by atoms with Crippen LogP contribution in [-0.4, -0.2) is 48.4 Å². The average Bonchev–Trinajstić information content (AvgIpc) is 2.82. The topological polar surface area (TPSA) is 169 Å². The molecular formula is C26H41N5O6. The van der Waals surface area contributed by atoms with E-state index in [4.69, 9.17) is 10.5 Å². The highest BCUT2D eigenvalue weighted by molar-refractivity contribution is 5.98. The lowest BCUT2D eigenvalue weighted by Crippen LogP contribution is -2.56. The number of rotatable bonds is 14. The summed E-state index contributed by atoms with van der Waals surface area (Å²) >= 11 is 0. The standard InChI is InChI=1S/C26H41N5O6/c1-7-26(5,6)24(35)31-21(16(2)3)23(34)30-20(9-8-14-28-25(27)36)22(33)29-19-12-10-18(11-13-19)15-37-17(4)32/h10-13,16,20-21H,7-9,14-15H2,1-6H3,(H,29,33)(H,30,34)(H,31,35)(H3,27,28,36). The Morgan fingerprint density at radius 3 is 2.14 bits per heavy atom. The Labute approximate surface area is 218 Å². The molecule has 0 aliphatic carbocycles. The van der Waals surface area contributed by atoms with Crippen LogP contribution in [0.1, 0.15) is 66.4 Å². The molecule has 0 fully saturated rings. The Balaban J connectivity index is 2.97. The van der Waals surface area contributed by atoms with E-state index in [1.807, 2.05) is 20.8 Å². The average molecular weight is 520 g/mol.